The number of nitrogens with two attached hydrogens (primary N) is 1. The maximum absolute atomic E-state index is 5.64. The SMILES string of the molecule is CCc1nc2n(n1)CCC(CN)C2. The Balaban J connectivity index is 2.19. The molecule has 4 nitrogen and oxygen atoms in total. The standard InChI is InChI=1S/C9H16N4/c1-2-8-11-9-5-7(6-10)3-4-13(9)12-8/h7H,2-6,10H2,1H3. The van der Waals surface area contributed by atoms with Gasteiger partial charge in [-0.2, -0.15) is 5.10 Å². The van der Waals surface area contributed by atoms with Gasteiger partial charge < -0.3 is 5.73 Å². The summed E-state index contributed by atoms with van der Waals surface area (Å²) >= 11 is 0. The van der Waals surface area contributed by atoms with Gasteiger partial charge in [-0.25, -0.2) is 9.67 Å². The van der Waals surface area contributed by atoms with E-state index in [-0.39, 0.29) is 0 Å². The van der Waals surface area contributed by atoms with Gasteiger partial charge in [0.2, 0.25) is 0 Å². The van der Waals surface area contributed by atoms with Crippen molar-refractivity contribution >= 4 is 0 Å². The normalized spacial score (nSPS) is 21.5. The third-order valence-corrected chi connectivity index (χ3v) is 2.66. The summed E-state index contributed by atoms with van der Waals surface area (Å²) in [6.07, 6.45) is 3.08. The Labute approximate surface area is 78.1 Å². The summed E-state index contributed by atoms with van der Waals surface area (Å²) in [5, 5.41) is 4.40. The summed E-state index contributed by atoms with van der Waals surface area (Å²) in [4.78, 5) is 4.46. The van der Waals surface area contributed by atoms with Crippen LogP contribution < -0.4 is 5.73 Å². The van der Waals surface area contributed by atoms with Crippen molar-refractivity contribution in [2.24, 2.45) is 11.7 Å². The molecule has 4 heteroatoms. The van der Waals surface area contributed by atoms with Crippen molar-refractivity contribution in [2.45, 2.75) is 32.7 Å². The van der Waals surface area contributed by atoms with Gasteiger partial charge in [0.05, 0.1) is 0 Å². The van der Waals surface area contributed by atoms with Gasteiger partial charge in [0.15, 0.2) is 5.82 Å². The predicted octanol–water partition coefficient (Wildman–Crippen LogP) is 0.362. The third kappa shape index (κ3) is 1.58. The first-order valence-electron chi connectivity index (χ1n) is 4.96. The van der Waals surface area contributed by atoms with E-state index in [4.69, 9.17) is 5.73 Å². The molecule has 13 heavy (non-hydrogen) atoms. The van der Waals surface area contributed by atoms with Crippen LogP contribution in [0.3, 0.4) is 0 Å². The average Bonchev–Trinajstić information content (AvgIpc) is 2.58. The van der Waals surface area contributed by atoms with Crippen molar-refractivity contribution in [1.82, 2.24) is 14.8 Å². The van der Waals surface area contributed by atoms with Gasteiger partial charge in [-0.3, -0.25) is 0 Å². The van der Waals surface area contributed by atoms with Gasteiger partial charge in [-0.1, -0.05) is 6.92 Å². The highest BCUT2D eigenvalue weighted by Crippen LogP contribution is 2.17. The second-order valence-corrected chi connectivity index (χ2v) is 3.62. The first-order chi connectivity index (χ1) is 6.33. The van der Waals surface area contributed by atoms with E-state index in [9.17, 15) is 0 Å². The van der Waals surface area contributed by atoms with Crippen LogP contribution in [0.2, 0.25) is 0 Å². The van der Waals surface area contributed by atoms with Crippen LogP contribution in [-0.4, -0.2) is 21.3 Å². The summed E-state index contributed by atoms with van der Waals surface area (Å²) in [6.45, 7) is 3.85. The molecule has 2 heterocycles. The Morgan fingerprint density at radius 2 is 2.46 bits per heavy atom. The van der Waals surface area contributed by atoms with Crippen LogP contribution in [0.4, 0.5) is 0 Å². The largest absolute Gasteiger partial charge is 0.330 e. The van der Waals surface area contributed by atoms with E-state index in [1.165, 1.54) is 0 Å². The predicted molar refractivity (Wildman–Crippen MR) is 50.3 cm³/mol. The van der Waals surface area contributed by atoms with Gasteiger partial charge in [0.1, 0.15) is 5.82 Å². The van der Waals surface area contributed by atoms with Gasteiger partial charge >= 0.3 is 0 Å². The van der Waals surface area contributed by atoms with Crippen molar-refractivity contribution in [3.05, 3.63) is 11.6 Å². The van der Waals surface area contributed by atoms with Crippen LogP contribution in [0, 0.1) is 5.92 Å². The van der Waals surface area contributed by atoms with Crippen LogP contribution in [0.15, 0.2) is 0 Å². The van der Waals surface area contributed by atoms with Crippen LogP contribution >= 0.6 is 0 Å². The Bertz CT molecular complexity index is 292. The second-order valence-electron chi connectivity index (χ2n) is 3.62. The van der Waals surface area contributed by atoms with Crippen LogP contribution in [-0.2, 0) is 19.4 Å². The van der Waals surface area contributed by atoms with Gasteiger partial charge in [-0.05, 0) is 18.9 Å². The summed E-state index contributed by atoms with van der Waals surface area (Å²) in [5.74, 6) is 2.70. The first-order valence-corrected chi connectivity index (χ1v) is 4.96. The molecule has 0 saturated heterocycles. The molecule has 0 amide bonds. The molecule has 1 aromatic rings. The minimum atomic E-state index is 0.612. The van der Waals surface area contributed by atoms with Crippen molar-refractivity contribution in [3.8, 4) is 0 Å². The zero-order chi connectivity index (χ0) is 9.26. The molecule has 0 saturated carbocycles. The molecule has 1 aliphatic heterocycles. The van der Waals surface area contributed by atoms with Crippen LogP contribution in [0.5, 0.6) is 0 Å². The highest BCUT2D eigenvalue weighted by atomic mass is 15.3. The van der Waals surface area contributed by atoms with Crippen molar-refractivity contribution < 1.29 is 0 Å². The number of hydrogen-bond acceptors (Lipinski definition) is 3. The van der Waals surface area contributed by atoms with Crippen LogP contribution in [0.25, 0.3) is 0 Å². The summed E-state index contributed by atoms with van der Waals surface area (Å²) in [5.41, 5.74) is 5.64. The Morgan fingerprint density at radius 1 is 1.62 bits per heavy atom. The Hall–Kier alpha value is -0.900. The molecule has 1 aromatic heterocycles. The smallest absolute Gasteiger partial charge is 0.150 e. The number of rotatable bonds is 2. The molecule has 0 aliphatic carbocycles. The van der Waals surface area contributed by atoms with Crippen LogP contribution in [0.1, 0.15) is 25.0 Å². The maximum atomic E-state index is 5.64. The highest BCUT2D eigenvalue weighted by Gasteiger charge is 2.19. The summed E-state index contributed by atoms with van der Waals surface area (Å²) in [7, 11) is 0. The number of aromatic nitrogens is 3. The summed E-state index contributed by atoms with van der Waals surface area (Å²) < 4.78 is 2.03. The number of nitrogens with zero attached hydrogens (tertiary/aromatic N) is 3. The fraction of sp³-hybridized carbons (Fsp3) is 0.778. The van der Waals surface area contributed by atoms with Gasteiger partial charge in [0.25, 0.3) is 0 Å². The first kappa shape index (κ1) is 8.69. The number of fused-ring (bicyclic) bond motifs is 1. The number of aryl methyl sites for hydroxylation is 2. The molecule has 2 rings (SSSR count). The van der Waals surface area contributed by atoms with Crippen molar-refractivity contribution in [1.29, 1.82) is 0 Å². The van der Waals surface area contributed by atoms with Crippen molar-refractivity contribution in [2.75, 3.05) is 6.54 Å². The molecule has 0 spiro atoms. The zero-order valence-electron chi connectivity index (χ0n) is 8.03. The molecule has 0 aromatic carbocycles. The van der Waals surface area contributed by atoms with E-state index in [0.717, 1.165) is 44.0 Å². The molecular weight excluding hydrogens is 164 g/mol. The lowest BCUT2D eigenvalue weighted by Gasteiger charge is -2.19. The van der Waals surface area contributed by atoms with Crippen molar-refractivity contribution in [3.63, 3.8) is 0 Å². The lowest BCUT2D eigenvalue weighted by atomic mass is 9.99. The highest BCUT2D eigenvalue weighted by molar-refractivity contribution is 4.97. The molecule has 0 bridgehead atoms. The molecule has 72 valence electrons. The second kappa shape index (κ2) is 3.46. The quantitative estimate of drug-likeness (QED) is 0.715. The Kier molecular flexibility index (Phi) is 2.31. The lowest BCUT2D eigenvalue weighted by molar-refractivity contribution is 0.369. The molecular formula is C9H16N4. The monoisotopic (exact) mass is 180 g/mol. The summed E-state index contributed by atoms with van der Waals surface area (Å²) in [6, 6.07) is 0. The minimum Gasteiger partial charge on any atom is -0.330 e. The maximum Gasteiger partial charge on any atom is 0.150 e. The van der Waals surface area contributed by atoms with E-state index < -0.39 is 0 Å². The fourth-order valence-corrected chi connectivity index (χ4v) is 1.77. The molecule has 1 atom stereocenters. The molecule has 0 radical (unpaired) electrons. The van der Waals surface area contributed by atoms with Gasteiger partial charge in [0, 0.05) is 19.4 Å². The molecule has 1 unspecified atom stereocenters. The minimum absolute atomic E-state index is 0.612. The third-order valence-electron chi connectivity index (χ3n) is 2.66. The van der Waals surface area contributed by atoms with E-state index >= 15 is 0 Å². The fourth-order valence-electron chi connectivity index (χ4n) is 1.77. The van der Waals surface area contributed by atoms with Gasteiger partial charge in [-0.15, -0.1) is 0 Å². The molecule has 1 aliphatic rings. The van der Waals surface area contributed by atoms with E-state index in [1.807, 2.05) is 4.68 Å². The molecule has 2 N–H and O–H groups in total. The average molecular weight is 180 g/mol. The Morgan fingerprint density at radius 3 is 3.15 bits per heavy atom. The zero-order valence-corrected chi connectivity index (χ0v) is 8.03. The molecule has 0 fully saturated rings. The number of hydrogen-bond donors (Lipinski definition) is 1. The van der Waals surface area contributed by atoms with E-state index in [1.54, 1.807) is 0 Å². The van der Waals surface area contributed by atoms with E-state index in [0.29, 0.717) is 5.92 Å². The lowest BCUT2D eigenvalue weighted by Crippen LogP contribution is -2.26. The van der Waals surface area contributed by atoms with E-state index in [2.05, 4.69) is 17.0 Å². The topological polar surface area (TPSA) is 56.7 Å².